The second-order valence-corrected chi connectivity index (χ2v) is 7.60. The van der Waals surface area contributed by atoms with Crippen LogP contribution in [0.3, 0.4) is 0 Å². The Balaban J connectivity index is 2.27. The highest BCUT2D eigenvalue weighted by molar-refractivity contribution is 7.98. The standard InChI is InChI=1S/C23H23ClN2O4S/c1-28-17-11-10-16(14-18(17)29-2)23(27,13-12-15-8-6-5-7-9-15)19-20(24)25-22(31-4)26-21(19)30-3/h5-14,27H,1-4H3/b13-12+. The quantitative estimate of drug-likeness (QED) is 0.294. The molecule has 6 nitrogen and oxygen atoms in total. The van der Waals surface area contributed by atoms with E-state index in [0.717, 1.165) is 5.56 Å². The lowest BCUT2D eigenvalue weighted by Crippen LogP contribution is -2.27. The molecule has 0 aliphatic rings. The van der Waals surface area contributed by atoms with E-state index >= 15 is 0 Å². The van der Waals surface area contributed by atoms with E-state index in [4.69, 9.17) is 25.8 Å². The Kier molecular flexibility index (Phi) is 7.43. The number of hydrogen-bond donors (Lipinski definition) is 1. The van der Waals surface area contributed by atoms with Crippen molar-refractivity contribution in [3.8, 4) is 17.4 Å². The van der Waals surface area contributed by atoms with Crippen LogP contribution in [0.4, 0.5) is 0 Å². The number of aromatic nitrogens is 2. The average Bonchev–Trinajstić information content (AvgIpc) is 2.82. The van der Waals surface area contributed by atoms with Crippen LogP contribution in [-0.4, -0.2) is 42.7 Å². The first-order valence-electron chi connectivity index (χ1n) is 9.32. The predicted octanol–water partition coefficient (Wildman–Crippen LogP) is 4.83. The lowest BCUT2D eigenvalue weighted by molar-refractivity contribution is 0.129. The van der Waals surface area contributed by atoms with Crippen LogP contribution >= 0.6 is 23.4 Å². The van der Waals surface area contributed by atoms with Gasteiger partial charge in [0.05, 0.1) is 26.9 Å². The summed E-state index contributed by atoms with van der Waals surface area (Å²) in [7, 11) is 4.56. The molecule has 0 bridgehead atoms. The van der Waals surface area contributed by atoms with E-state index in [1.54, 1.807) is 37.5 Å². The van der Waals surface area contributed by atoms with Gasteiger partial charge < -0.3 is 19.3 Å². The minimum absolute atomic E-state index is 0.0891. The molecule has 3 aromatic rings. The number of thioether (sulfide) groups is 1. The number of nitrogens with zero attached hydrogens (tertiary/aromatic N) is 2. The van der Waals surface area contributed by atoms with E-state index in [1.807, 2.05) is 36.6 Å². The molecule has 0 aliphatic carbocycles. The van der Waals surface area contributed by atoms with Gasteiger partial charge in [-0.15, -0.1) is 0 Å². The summed E-state index contributed by atoms with van der Waals surface area (Å²) in [5.41, 5.74) is -0.0978. The van der Waals surface area contributed by atoms with E-state index in [9.17, 15) is 5.11 Å². The average molecular weight is 459 g/mol. The number of methoxy groups -OCH3 is 3. The molecule has 0 radical (unpaired) electrons. The number of halogens is 1. The van der Waals surface area contributed by atoms with E-state index < -0.39 is 5.60 Å². The molecule has 162 valence electrons. The zero-order valence-corrected chi connectivity index (χ0v) is 19.2. The molecule has 0 aliphatic heterocycles. The first-order valence-corrected chi connectivity index (χ1v) is 10.9. The van der Waals surface area contributed by atoms with Crippen LogP contribution < -0.4 is 14.2 Å². The molecular formula is C23H23ClN2O4S. The summed E-state index contributed by atoms with van der Waals surface area (Å²) >= 11 is 7.87. The Morgan fingerprint density at radius 3 is 2.29 bits per heavy atom. The summed E-state index contributed by atoms with van der Waals surface area (Å²) in [6.45, 7) is 0. The first-order chi connectivity index (χ1) is 15.0. The summed E-state index contributed by atoms with van der Waals surface area (Å²) < 4.78 is 16.3. The van der Waals surface area contributed by atoms with Crippen molar-refractivity contribution in [2.75, 3.05) is 27.6 Å². The normalized spacial score (nSPS) is 13.1. The fraction of sp³-hybridized carbons (Fsp3) is 0.217. The van der Waals surface area contributed by atoms with Gasteiger partial charge >= 0.3 is 0 Å². The molecule has 0 fully saturated rings. The largest absolute Gasteiger partial charge is 0.493 e. The van der Waals surface area contributed by atoms with Crippen molar-refractivity contribution < 1.29 is 19.3 Å². The van der Waals surface area contributed by atoms with Gasteiger partial charge in [0.2, 0.25) is 5.88 Å². The third kappa shape index (κ3) is 4.79. The van der Waals surface area contributed by atoms with Gasteiger partial charge in [-0.25, -0.2) is 4.98 Å². The van der Waals surface area contributed by atoms with Crippen molar-refractivity contribution in [3.63, 3.8) is 0 Å². The zero-order chi connectivity index (χ0) is 22.4. The third-order valence-corrected chi connectivity index (χ3v) is 5.53. The van der Waals surface area contributed by atoms with Crippen molar-refractivity contribution in [3.05, 3.63) is 76.5 Å². The highest BCUT2D eigenvalue weighted by atomic mass is 35.5. The Labute approximate surface area is 190 Å². The van der Waals surface area contributed by atoms with Crippen molar-refractivity contribution in [2.45, 2.75) is 10.8 Å². The van der Waals surface area contributed by atoms with Gasteiger partial charge in [0, 0.05) is 0 Å². The predicted molar refractivity (Wildman–Crippen MR) is 123 cm³/mol. The summed E-state index contributed by atoms with van der Waals surface area (Å²) in [5.74, 6) is 1.18. The van der Waals surface area contributed by atoms with Gasteiger partial charge in [-0.2, -0.15) is 4.98 Å². The highest BCUT2D eigenvalue weighted by Gasteiger charge is 2.37. The van der Waals surface area contributed by atoms with E-state index in [0.29, 0.717) is 22.2 Å². The van der Waals surface area contributed by atoms with Crippen molar-refractivity contribution in [1.29, 1.82) is 0 Å². The van der Waals surface area contributed by atoms with Gasteiger partial charge in [0.15, 0.2) is 16.7 Å². The van der Waals surface area contributed by atoms with Crippen LogP contribution in [0.1, 0.15) is 16.7 Å². The molecule has 8 heteroatoms. The number of rotatable bonds is 8. The molecule has 0 amide bonds. The number of ether oxygens (including phenoxy) is 3. The van der Waals surface area contributed by atoms with E-state index in [1.165, 1.54) is 26.0 Å². The number of aliphatic hydroxyl groups is 1. The SMILES string of the molecule is COc1ccc(C(O)(/C=C/c2ccccc2)c2c(Cl)nc(SC)nc2OC)cc1OC. The molecule has 0 spiro atoms. The maximum Gasteiger partial charge on any atom is 0.225 e. The molecule has 1 N–H and O–H groups in total. The fourth-order valence-corrected chi connectivity index (χ4v) is 3.85. The van der Waals surface area contributed by atoms with Gasteiger partial charge in [0.25, 0.3) is 0 Å². The Hall–Kier alpha value is -2.74. The Morgan fingerprint density at radius 2 is 1.68 bits per heavy atom. The third-order valence-electron chi connectivity index (χ3n) is 4.71. The van der Waals surface area contributed by atoms with Gasteiger partial charge in [-0.05, 0) is 35.6 Å². The van der Waals surface area contributed by atoms with Crippen LogP contribution in [0.25, 0.3) is 6.08 Å². The summed E-state index contributed by atoms with van der Waals surface area (Å²) in [5, 5.41) is 12.5. The molecule has 0 saturated carbocycles. The number of hydrogen-bond acceptors (Lipinski definition) is 7. The minimum Gasteiger partial charge on any atom is -0.493 e. The Bertz CT molecular complexity index is 1080. The van der Waals surface area contributed by atoms with E-state index in [2.05, 4.69) is 9.97 Å². The first kappa shape index (κ1) is 22.9. The Morgan fingerprint density at radius 1 is 0.968 bits per heavy atom. The zero-order valence-electron chi connectivity index (χ0n) is 17.6. The van der Waals surface area contributed by atoms with Crippen molar-refractivity contribution in [1.82, 2.24) is 9.97 Å². The second-order valence-electron chi connectivity index (χ2n) is 6.47. The van der Waals surface area contributed by atoms with E-state index in [-0.39, 0.29) is 16.6 Å². The van der Waals surface area contributed by atoms with Crippen LogP contribution in [0.2, 0.25) is 5.15 Å². The molecule has 1 atom stereocenters. The fourth-order valence-electron chi connectivity index (χ4n) is 3.13. The van der Waals surface area contributed by atoms with Gasteiger partial charge in [0.1, 0.15) is 10.8 Å². The molecule has 1 unspecified atom stereocenters. The summed E-state index contributed by atoms with van der Waals surface area (Å²) in [6, 6.07) is 14.7. The molecule has 2 aromatic carbocycles. The maximum absolute atomic E-state index is 12.0. The highest BCUT2D eigenvalue weighted by Crippen LogP contribution is 2.43. The minimum atomic E-state index is -1.71. The molecule has 1 heterocycles. The van der Waals surface area contributed by atoms with Crippen LogP contribution in [0, 0.1) is 0 Å². The van der Waals surface area contributed by atoms with Crippen LogP contribution in [0.5, 0.6) is 17.4 Å². The maximum atomic E-state index is 12.0. The summed E-state index contributed by atoms with van der Waals surface area (Å²) in [6.07, 6.45) is 5.27. The lowest BCUT2D eigenvalue weighted by Gasteiger charge is -2.28. The second kappa shape index (κ2) is 10.0. The molecular weight excluding hydrogens is 436 g/mol. The smallest absolute Gasteiger partial charge is 0.225 e. The monoisotopic (exact) mass is 458 g/mol. The number of benzene rings is 2. The van der Waals surface area contributed by atoms with Gasteiger partial charge in [-0.3, -0.25) is 0 Å². The molecule has 1 aromatic heterocycles. The topological polar surface area (TPSA) is 73.7 Å². The molecule has 0 saturated heterocycles. The lowest BCUT2D eigenvalue weighted by atomic mass is 9.86. The van der Waals surface area contributed by atoms with Crippen LogP contribution in [0.15, 0.2) is 59.8 Å². The van der Waals surface area contributed by atoms with Crippen molar-refractivity contribution >= 4 is 29.4 Å². The molecule has 3 rings (SSSR count). The molecule has 31 heavy (non-hydrogen) atoms. The summed E-state index contributed by atoms with van der Waals surface area (Å²) in [4.78, 5) is 8.70. The van der Waals surface area contributed by atoms with Crippen LogP contribution in [-0.2, 0) is 5.60 Å². The van der Waals surface area contributed by atoms with Crippen molar-refractivity contribution in [2.24, 2.45) is 0 Å². The van der Waals surface area contributed by atoms with Gasteiger partial charge in [-0.1, -0.05) is 65.8 Å².